The number of hydrogen-bond acceptors (Lipinski definition) is 3. The highest BCUT2D eigenvalue weighted by molar-refractivity contribution is 7.91. The van der Waals surface area contributed by atoms with Gasteiger partial charge >= 0.3 is 0 Å². The Morgan fingerprint density at radius 1 is 0.605 bits per heavy atom. The monoisotopic (exact) mass is 552 g/mol. The molecule has 0 radical (unpaired) electrons. The van der Waals surface area contributed by atoms with E-state index in [0.29, 0.717) is 8.58 Å². The molecule has 0 saturated heterocycles. The van der Waals surface area contributed by atoms with Gasteiger partial charge in [0.05, 0.1) is 0 Å². The van der Waals surface area contributed by atoms with Crippen molar-refractivity contribution in [2.24, 2.45) is 0 Å². The van der Waals surface area contributed by atoms with Crippen molar-refractivity contribution in [3.63, 3.8) is 0 Å². The third kappa shape index (κ3) is 4.77. The summed E-state index contributed by atoms with van der Waals surface area (Å²) >= 11 is -2.22. The van der Waals surface area contributed by atoms with Crippen molar-refractivity contribution >= 4 is 63.5 Å². The Morgan fingerprint density at radius 3 is 1.87 bits per heavy atom. The van der Waals surface area contributed by atoms with Crippen LogP contribution in [0.25, 0.3) is 44.2 Å². The fraction of sp³-hybridized carbons (Fsp3) is 0.0625. The SMILES string of the molecule is C[S+]([O-])c1ccccc1-c1cc(Pc2ccccc2)c2c(c1)oc1ccc(-c3ccccc3[S+](C)[O-])cc12. The number of rotatable bonds is 6. The van der Waals surface area contributed by atoms with Gasteiger partial charge in [0.25, 0.3) is 0 Å². The van der Waals surface area contributed by atoms with E-state index in [4.69, 9.17) is 4.42 Å². The zero-order chi connectivity index (χ0) is 26.2. The number of hydrogen-bond donors (Lipinski definition) is 0. The average molecular weight is 553 g/mol. The minimum atomic E-state index is -1.12. The van der Waals surface area contributed by atoms with Crippen LogP contribution in [-0.2, 0) is 22.4 Å². The smallest absolute Gasteiger partial charge is 0.160 e. The third-order valence-electron chi connectivity index (χ3n) is 6.64. The Kier molecular flexibility index (Phi) is 7.05. The van der Waals surface area contributed by atoms with Crippen LogP contribution >= 0.6 is 8.58 Å². The summed E-state index contributed by atoms with van der Waals surface area (Å²) < 4.78 is 31.4. The van der Waals surface area contributed by atoms with Crippen molar-refractivity contribution in [3.05, 3.63) is 109 Å². The maximum absolute atomic E-state index is 12.5. The topological polar surface area (TPSA) is 59.3 Å². The highest BCUT2D eigenvalue weighted by atomic mass is 32.2. The Morgan fingerprint density at radius 2 is 1.21 bits per heavy atom. The first-order valence-electron chi connectivity index (χ1n) is 12.2. The van der Waals surface area contributed by atoms with Crippen molar-refractivity contribution in [2.75, 3.05) is 12.5 Å². The highest BCUT2D eigenvalue weighted by Gasteiger charge is 2.20. The predicted octanol–water partition coefficient (Wildman–Crippen LogP) is 7.02. The quantitative estimate of drug-likeness (QED) is 0.165. The number of fused-ring (bicyclic) bond motifs is 3. The van der Waals surface area contributed by atoms with Gasteiger partial charge in [-0.15, -0.1) is 0 Å². The van der Waals surface area contributed by atoms with Gasteiger partial charge in [-0.05, 0) is 92.6 Å². The van der Waals surface area contributed by atoms with Gasteiger partial charge in [-0.2, -0.15) is 0 Å². The Balaban J connectivity index is 1.60. The van der Waals surface area contributed by atoms with E-state index in [1.807, 2.05) is 66.7 Å². The lowest BCUT2D eigenvalue weighted by Gasteiger charge is -2.13. The average Bonchev–Trinajstić information content (AvgIpc) is 3.31. The molecule has 6 heteroatoms. The fourth-order valence-electron chi connectivity index (χ4n) is 4.92. The summed E-state index contributed by atoms with van der Waals surface area (Å²) in [5, 5.41) is 4.52. The largest absolute Gasteiger partial charge is 0.612 e. The number of benzene rings is 5. The predicted molar refractivity (Wildman–Crippen MR) is 163 cm³/mol. The lowest BCUT2D eigenvalue weighted by Crippen LogP contribution is -2.06. The van der Waals surface area contributed by atoms with E-state index in [0.717, 1.165) is 54.0 Å². The van der Waals surface area contributed by atoms with Crippen molar-refractivity contribution < 1.29 is 13.5 Å². The van der Waals surface area contributed by atoms with Gasteiger partial charge in [0.2, 0.25) is 0 Å². The minimum absolute atomic E-state index is 0.416. The Bertz CT molecular complexity index is 1760. The molecule has 3 atom stereocenters. The van der Waals surface area contributed by atoms with Crippen LogP contribution in [0.15, 0.2) is 123 Å². The Hall–Kier alpha value is -3.05. The molecule has 0 fully saturated rings. The molecule has 0 aliphatic carbocycles. The molecule has 3 nitrogen and oxygen atoms in total. The first-order valence-corrected chi connectivity index (χ1v) is 16.3. The Labute approximate surface area is 230 Å². The van der Waals surface area contributed by atoms with Gasteiger partial charge in [0, 0.05) is 21.9 Å². The second-order valence-corrected chi connectivity index (χ2v) is 13.2. The summed E-state index contributed by atoms with van der Waals surface area (Å²) in [7, 11) is 0.416. The highest BCUT2D eigenvalue weighted by Crippen LogP contribution is 2.38. The standard InChI is InChI=1S/C32H25O3PS2/c1-37(33)30-14-8-6-12-24(30)21-16-17-27-26(18-21)32-28(35-27)19-22(25-13-7-9-15-31(25)38(2)34)20-29(32)36-23-10-4-3-5-11-23/h3-20,36H,1-2H3. The first-order chi connectivity index (χ1) is 18.5. The molecule has 0 saturated carbocycles. The molecule has 0 bridgehead atoms. The van der Waals surface area contributed by atoms with E-state index in [-0.39, 0.29) is 0 Å². The van der Waals surface area contributed by atoms with Crippen molar-refractivity contribution in [1.29, 1.82) is 0 Å². The summed E-state index contributed by atoms with van der Waals surface area (Å²) in [5.74, 6) is 0. The van der Waals surface area contributed by atoms with Crippen LogP contribution in [0.1, 0.15) is 0 Å². The maximum atomic E-state index is 12.5. The maximum Gasteiger partial charge on any atom is 0.160 e. The van der Waals surface area contributed by atoms with E-state index in [9.17, 15) is 9.11 Å². The molecule has 0 aliphatic rings. The summed E-state index contributed by atoms with van der Waals surface area (Å²) in [6.45, 7) is 0. The molecule has 0 amide bonds. The van der Waals surface area contributed by atoms with Crippen LogP contribution < -0.4 is 10.6 Å². The van der Waals surface area contributed by atoms with Crippen LogP contribution in [-0.4, -0.2) is 21.6 Å². The van der Waals surface area contributed by atoms with Crippen LogP contribution in [0.4, 0.5) is 0 Å². The number of furan rings is 1. The van der Waals surface area contributed by atoms with E-state index < -0.39 is 22.4 Å². The summed E-state index contributed by atoms with van der Waals surface area (Å²) in [4.78, 5) is 1.63. The third-order valence-corrected chi connectivity index (χ3v) is 9.88. The summed E-state index contributed by atoms with van der Waals surface area (Å²) in [6, 6.07) is 36.6. The van der Waals surface area contributed by atoms with Crippen LogP contribution in [0.5, 0.6) is 0 Å². The lowest BCUT2D eigenvalue weighted by molar-refractivity contribution is 0.600. The molecule has 38 heavy (non-hydrogen) atoms. The van der Waals surface area contributed by atoms with Gasteiger partial charge in [-0.25, -0.2) is 0 Å². The van der Waals surface area contributed by atoms with E-state index >= 15 is 0 Å². The van der Waals surface area contributed by atoms with Gasteiger partial charge in [-0.3, -0.25) is 0 Å². The molecule has 0 spiro atoms. The molecular weight excluding hydrogens is 527 g/mol. The summed E-state index contributed by atoms with van der Waals surface area (Å²) in [6.07, 6.45) is 3.43. The summed E-state index contributed by atoms with van der Waals surface area (Å²) in [5.41, 5.74) is 5.53. The van der Waals surface area contributed by atoms with Crippen LogP contribution in [0, 0.1) is 0 Å². The first kappa shape index (κ1) is 25.2. The second-order valence-electron chi connectivity index (χ2n) is 9.10. The lowest BCUT2D eigenvalue weighted by atomic mass is 10.0. The molecule has 6 rings (SSSR count). The second kappa shape index (κ2) is 10.6. The van der Waals surface area contributed by atoms with Gasteiger partial charge < -0.3 is 13.5 Å². The van der Waals surface area contributed by atoms with E-state index in [2.05, 4.69) is 42.5 Å². The normalized spacial score (nSPS) is 13.5. The van der Waals surface area contributed by atoms with E-state index in [1.165, 1.54) is 10.6 Å². The molecule has 1 heterocycles. The van der Waals surface area contributed by atoms with E-state index in [1.54, 1.807) is 12.5 Å². The molecule has 0 N–H and O–H groups in total. The van der Waals surface area contributed by atoms with Crippen LogP contribution in [0.2, 0.25) is 0 Å². The van der Waals surface area contributed by atoms with Crippen molar-refractivity contribution in [1.82, 2.24) is 0 Å². The zero-order valence-corrected chi connectivity index (χ0v) is 23.6. The van der Waals surface area contributed by atoms with Gasteiger partial charge in [-0.1, -0.05) is 69.2 Å². The molecule has 1 aromatic heterocycles. The molecule has 3 unspecified atom stereocenters. The van der Waals surface area contributed by atoms with Crippen LogP contribution in [0.3, 0.4) is 0 Å². The molecule has 188 valence electrons. The molecular formula is C32H25O3PS2. The molecule has 6 aromatic rings. The molecule has 0 aliphatic heterocycles. The van der Waals surface area contributed by atoms with Crippen molar-refractivity contribution in [2.45, 2.75) is 9.79 Å². The fourth-order valence-corrected chi connectivity index (χ4v) is 7.73. The molecule has 5 aromatic carbocycles. The van der Waals surface area contributed by atoms with Crippen molar-refractivity contribution in [3.8, 4) is 22.3 Å². The minimum Gasteiger partial charge on any atom is -0.612 e. The van der Waals surface area contributed by atoms with Gasteiger partial charge in [0.1, 0.15) is 23.7 Å². The zero-order valence-electron chi connectivity index (χ0n) is 20.9. The van der Waals surface area contributed by atoms with Gasteiger partial charge in [0.15, 0.2) is 9.79 Å².